The lowest BCUT2D eigenvalue weighted by atomic mass is 10.2. The normalized spacial score (nSPS) is 13.1. The molecule has 0 aromatic carbocycles. The van der Waals surface area contributed by atoms with Gasteiger partial charge in [-0.15, -0.1) is 0 Å². The number of esters is 1. The first-order valence-corrected chi connectivity index (χ1v) is 8.67. The fraction of sp³-hybridized carbons (Fsp3) is 0.933. The van der Waals surface area contributed by atoms with Crippen molar-refractivity contribution in [1.82, 2.24) is 0 Å². The van der Waals surface area contributed by atoms with Crippen LogP contribution >= 0.6 is 15.9 Å². The Labute approximate surface area is 141 Å². The SMILES string of the molecule is CCOC(COCCOCCC(=O)OC(C)(C)C)OCCBr. The van der Waals surface area contributed by atoms with Gasteiger partial charge in [0.15, 0.2) is 6.29 Å². The van der Waals surface area contributed by atoms with Crippen molar-refractivity contribution in [1.29, 1.82) is 0 Å². The van der Waals surface area contributed by atoms with Gasteiger partial charge in [0.05, 0.1) is 39.5 Å². The van der Waals surface area contributed by atoms with Gasteiger partial charge in [-0.05, 0) is 27.7 Å². The smallest absolute Gasteiger partial charge is 0.308 e. The molecule has 0 rings (SSSR count). The molecule has 1 unspecified atom stereocenters. The van der Waals surface area contributed by atoms with Gasteiger partial charge in [-0.25, -0.2) is 0 Å². The van der Waals surface area contributed by atoms with E-state index in [4.69, 9.17) is 23.7 Å². The maximum absolute atomic E-state index is 11.4. The lowest BCUT2D eigenvalue weighted by Crippen LogP contribution is -2.26. The first kappa shape index (κ1) is 21.8. The fourth-order valence-electron chi connectivity index (χ4n) is 1.45. The van der Waals surface area contributed by atoms with Gasteiger partial charge in [0.1, 0.15) is 5.60 Å². The van der Waals surface area contributed by atoms with Crippen LogP contribution in [-0.2, 0) is 28.5 Å². The van der Waals surface area contributed by atoms with Crippen LogP contribution in [0, 0.1) is 0 Å². The Hall–Kier alpha value is -0.210. The third kappa shape index (κ3) is 14.7. The second-order valence-corrected chi connectivity index (χ2v) is 6.26. The second kappa shape index (κ2) is 13.2. The van der Waals surface area contributed by atoms with Crippen molar-refractivity contribution in [2.24, 2.45) is 0 Å². The monoisotopic (exact) mass is 384 g/mol. The summed E-state index contributed by atoms with van der Waals surface area (Å²) in [7, 11) is 0. The molecule has 0 aliphatic rings. The van der Waals surface area contributed by atoms with Gasteiger partial charge >= 0.3 is 5.97 Å². The summed E-state index contributed by atoms with van der Waals surface area (Å²) >= 11 is 3.29. The maximum Gasteiger partial charge on any atom is 0.308 e. The largest absolute Gasteiger partial charge is 0.460 e. The van der Waals surface area contributed by atoms with Crippen LogP contribution in [0.5, 0.6) is 0 Å². The zero-order valence-corrected chi connectivity index (χ0v) is 15.6. The van der Waals surface area contributed by atoms with E-state index in [1.165, 1.54) is 0 Å². The van der Waals surface area contributed by atoms with Gasteiger partial charge in [0.25, 0.3) is 0 Å². The Morgan fingerprint density at radius 1 is 1.05 bits per heavy atom. The quantitative estimate of drug-likeness (QED) is 0.210. The molecule has 132 valence electrons. The molecule has 0 saturated heterocycles. The Kier molecular flexibility index (Phi) is 13.1. The summed E-state index contributed by atoms with van der Waals surface area (Å²) < 4.78 is 26.7. The van der Waals surface area contributed by atoms with Crippen LogP contribution in [0.4, 0.5) is 0 Å². The van der Waals surface area contributed by atoms with Crippen LogP contribution in [-0.4, -0.2) is 62.8 Å². The average molecular weight is 385 g/mol. The summed E-state index contributed by atoms with van der Waals surface area (Å²) in [5, 5.41) is 0.754. The van der Waals surface area contributed by atoms with Crippen LogP contribution < -0.4 is 0 Å². The van der Waals surface area contributed by atoms with Crippen LogP contribution in [0.1, 0.15) is 34.1 Å². The van der Waals surface area contributed by atoms with Crippen molar-refractivity contribution in [2.45, 2.75) is 46.0 Å². The van der Waals surface area contributed by atoms with Crippen LogP contribution in [0.3, 0.4) is 0 Å². The molecule has 6 nitrogen and oxygen atoms in total. The molecular formula is C15H29BrO6. The van der Waals surface area contributed by atoms with Crippen molar-refractivity contribution in [3.63, 3.8) is 0 Å². The van der Waals surface area contributed by atoms with E-state index >= 15 is 0 Å². The van der Waals surface area contributed by atoms with E-state index in [1.54, 1.807) is 0 Å². The Balaban J connectivity index is 3.53. The highest BCUT2D eigenvalue weighted by atomic mass is 79.9. The summed E-state index contributed by atoms with van der Waals surface area (Å²) in [4.78, 5) is 11.4. The van der Waals surface area contributed by atoms with E-state index in [0.29, 0.717) is 39.6 Å². The predicted octanol–water partition coefficient (Wildman–Crippen LogP) is 2.53. The molecule has 1 atom stereocenters. The van der Waals surface area contributed by atoms with Crippen molar-refractivity contribution >= 4 is 21.9 Å². The van der Waals surface area contributed by atoms with Gasteiger partial charge < -0.3 is 23.7 Å². The second-order valence-electron chi connectivity index (χ2n) is 5.47. The molecule has 0 radical (unpaired) electrons. The highest BCUT2D eigenvalue weighted by Gasteiger charge is 2.15. The molecular weight excluding hydrogens is 356 g/mol. The van der Waals surface area contributed by atoms with Gasteiger partial charge in [0.2, 0.25) is 0 Å². The Bertz CT molecular complexity index is 280. The molecule has 7 heteroatoms. The van der Waals surface area contributed by atoms with Crippen molar-refractivity contribution in [2.75, 3.05) is 45.0 Å². The molecule has 0 aromatic rings. The molecule has 0 aliphatic heterocycles. The van der Waals surface area contributed by atoms with Crippen molar-refractivity contribution < 1.29 is 28.5 Å². The fourth-order valence-corrected chi connectivity index (χ4v) is 1.64. The summed E-state index contributed by atoms with van der Waals surface area (Å²) in [5.41, 5.74) is -0.455. The van der Waals surface area contributed by atoms with E-state index < -0.39 is 5.60 Å². The number of halogens is 1. The Morgan fingerprint density at radius 2 is 1.73 bits per heavy atom. The average Bonchev–Trinajstić information content (AvgIpc) is 2.41. The molecule has 22 heavy (non-hydrogen) atoms. The third-order valence-electron chi connectivity index (χ3n) is 2.23. The Morgan fingerprint density at radius 3 is 2.32 bits per heavy atom. The molecule has 0 N–H and O–H groups in total. The number of ether oxygens (including phenoxy) is 5. The number of hydrogen-bond donors (Lipinski definition) is 0. The van der Waals surface area contributed by atoms with Gasteiger partial charge in [0, 0.05) is 11.9 Å². The predicted molar refractivity (Wildman–Crippen MR) is 87.3 cm³/mol. The zero-order valence-electron chi connectivity index (χ0n) is 14.1. The highest BCUT2D eigenvalue weighted by Crippen LogP contribution is 2.08. The number of hydrogen-bond acceptors (Lipinski definition) is 6. The minimum Gasteiger partial charge on any atom is -0.460 e. The number of rotatable bonds is 13. The number of alkyl halides is 1. The summed E-state index contributed by atoms with van der Waals surface area (Å²) in [6.07, 6.45) is -0.114. The van der Waals surface area contributed by atoms with E-state index in [0.717, 1.165) is 5.33 Å². The highest BCUT2D eigenvalue weighted by molar-refractivity contribution is 9.09. The molecule has 0 fully saturated rings. The number of carbonyl (C=O) groups is 1. The minimum atomic E-state index is -0.455. The van der Waals surface area contributed by atoms with Crippen molar-refractivity contribution in [3.05, 3.63) is 0 Å². The van der Waals surface area contributed by atoms with Gasteiger partial charge in [-0.3, -0.25) is 4.79 Å². The standard InChI is InChI=1S/C15H29BrO6/c1-5-20-14(21-9-7-16)12-19-11-10-18-8-6-13(17)22-15(2,3)4/h14H,5-12H2,1-4H3. The minimum absolute atomic E-state index is 0.243. The third-order valence-corrected chi connectivity index (χ3v) is 2.55. The van der Waals surface area contributed by atoms with Crippen LogP contribution in [0.2, 0.25) is 0 Å². The summed E-state index contributed by atoms with van der Waals surface area (Å²) in [6.45, 7) is 10.1. The molecule has 0 heterocycles. The maximum atomic E-state index is 11.4. The summed E-state index contributed by atoms with van der Waals surface area (Å²) in [6, 6.07) is 0. The van der Waals surface area contributed by atoms with E-state index in [-0.39, 0.29) is 18.7 Å². The number of carbonyl (C=O) groups excluding carboxylic acids is 1. The molecule has 0 saturated carbocycles. The molecule has 0 bridgehead atoms. The lowest BCUT2D eigenvalue weighted by molar-refractivity contribution is -0.168. The van der Waals surface area contributed by atoms with Crippen molar-refractivity contribution in [3.8, 4) is 0 Å². The van der Waals surface area contributed by atoms with Crippen LogP contribution in [0.25, 0.3) is 0 Å². The molecule has 0 amide bonds. The van der Waals surface area contributed by atoms with Gasteiger partial charge in [-0.1, -0.05) is 15.9 Å². The van der Waals surface area contributed by atoms with E-state index in [1.807, 2.05) is 27.7 Å². The van der Waals surface area contributed by atoms with E-state index in [9.17, 15) is 4.79 Å². The van der Waals surface area contributed by atoms with Gasteiger partial charge in [-0.2, -0.15) is 0 Å². The molecule has 0 spiro atoms. The first-order valence-electron chi connectivity index (χ1n) is 7.55. The van der Waals surface area contributed by atoms with Crippen LogP contribution in [0.15, 0.2) is 0 Å². The zero-order chi connectivity index (χ0) is 16.8. The first-order chi connectivity index (χ1) is 10.4. The topological polar surface area (TPSA) is 63.2 Å². The molecule has 0 aliphatic carbocycles. The van der Waals surface area contributed by atoms with E-state index in [2.05, 4.69) is 15.9 Å². The molecule has 0 aromatic heterocycles. The lowest BCUT2D eigenvalue weighted by Gasteiger charge is -2.19. The summed E-state index contributed by atoms with van der Waals surface area (Å²) in [5.74, 6) is -0.256.